The molecule has 1 rings (SSSR count). The summed E-state index contributed by atoms with van der Waals surface area (Å²) in [7, 11) is 1.27. The van der Waals surface area contributed by atoms with Crippen LogP contribution >= 0.6 is 0 Å². The number of ether oxygens (including phenoxy) is 1. The fourth-order valence-corrected chi connectivity index (χ4v) is 1.17. The third-order valence-electron chi connectivity index (χ3n) is 1.83. The fraction of sp³-hybridized carbons (Fsp3) is 0.625. The van der Waals surface area contributed by atoms with E-state index in [1.807, 2.05) is 13.0 Å². The van der Waals surface area contributed by atoms with Crippen molar-refractivity contribution in [3.63, 3.8) is 0 Å². The van der Waals surface area contributed by atoms with E-state index in [2.05, 4.69) is 4.74 Å². The number of carbonyl (C=O) groups is 1. The molecule has 0 amide bonds. The lowest BCUT2D eigenvalue weighted by Crippen LogP contribution is -2.28. The molecule has 0 aromatic heterocycles. The highest BCUT2D eigenvalue weighted by atomic mass is 16.5. The first kappa shape index (κ1) is 8.27. The number of rotatable bonds is 2. The predicted molar refractivity (Wildman–Crippen MR) is 39.9 cm³/mol. The molecule has 0 aliphatic heterocycles. The largest absolute Gasteiger partial charge is 0.467 e. The molecular formula is C8H12O3. The zero-order valence-electron chi connectivity index (χ0n) is 6.70. The monoisotopic (exact) mass is 156 g/mol. The van der Waals surface area contributed by atoms with Crippen LogP contribution < -0.4 is 0 Å². The summed E-state index contributed by atoms with van der Waals surface area (Å²) < 4.78 is 4.37. The third kappa shape index (κ3) is 1.60. The standard InChI is InChI=1S/C8H12O3/c1-5-3-6(4-5)7(9)8(10)11-2/h3,5,7,9H,4H2,1-2H3. The molecule has 1 N–H and O–H groups in total. The smallest absolute Gasteiger partial charge is 0.339 e. The molecule has 0 bridgehead atoms. The Hall–Kier alpha value is -0.830. The number of carbonyl (C=O) groups excluding carboxylic acids is 1. The Bertz CT molecular complexity index is 196. The second-order valence-corrected chi connectivity index (χ2v) is 2.85. The lowest BCUT2D eigenvalue weighted by molar-refractivity contribution is -0.148. The van der Waals surface area contributed by atoms with Crippen LogP contribution in [0.15, 0.2) is 11.6 Å². The second kappa shape index (κ2) is 3.05. The fourth-order valence-electron chi connectivity index (χ4n) is 1.17. The van der Waals surface area contributed by atoms with Crippen molar-refractivity contribution < 1.29 is 14.6 Å². The molecule has 11 heavy (non-hydrogen) atoms. The first-order valence-corrected chi connectivity index (χ1v) is 3.61. The molecular weight excluding hydrogens is 144 g/mol. The first-order chi connectivity index (χ1) is 5.15. The van der Waals surface area contributed by atoms with E-state index in [0.29, 0.717) is 5.92 Å². The van der Waals surface area contributed by atoms with E-state index in [0.717, 1.165) is 12.0 Å². The minimum absolute atomic E-state index is 0.490. The lowest BCUT2D eigenvalue weighted by atomic mass is 9.85. The molecule has 62 valence electrons. The van der Waals surface area contributed by atoms with Crippen molar-refractivity contribution in [2.24, 2.45) is 5.92 Å². The van der Waals surface area contributed by atoms with Gasteiger partial charge in [-0.25, -0.2) is 4.79 Å². The summed E-state index contributed by atoms with van der Waals surface area (Å²) in [4.78, 5) is 10.7. The maximum atomic E-state index is 10.7. The number of hydrogen-bond acceptors (Lipinski definition) is 3. The minimum atomic E-state index is -1.03. The zero-order chi connectivity index (χ0) is 8.43. The Balaban J connectivity index is 2.50. The van der Waals surface area contributed by atoms with Crippen molar-refractivity contribution >= 4 is 5.97 Å². The van der Waals surface area contributed by atoms with Gasteiger partial charge in [0.25, 0.3) is 0 Å². The molecule has 0 saturated heterocycles. The zero-order valence-corrected chi connectivity index (χ0v) is 6.70. The van der Waals surface area contributed by atoms with Crippen LogP contribution in [-0.2, 0) is 9.53 Å². The minimum Gasteiger partial charge on any atom is -0.467 e. The molecule has 0 aromatic carbocycles. The van der Waals surface area contributed by atoms with E-state index < -0.39 is 12.1 Å². The Morgan fingerprint density at radius 1 is 1.91 bits per heavy atom. The summed E-state index contributed by atoms with van der Waals surface area (Å²) in [6.45, 7) is 2.04. The summed E-state index contributed by atoms with van der Waals surface area (Å²) in [5, 5.41) is 9.21. The Kier molecular flexibility index (Phi) is 2.29. The highest BCUT2D eigenvalue weighted by Gasteiger charge is 2.26. The number of esters is 1. The summed E-state index contributed by atoms with van der Waals surface area (Å²) >= 11 is 0. The van der Waals surface area contributed by atoms with Crippen molar-refractivity contribution in [1.82, 2.24) is 0 Å². The lowest BCUT2D eigenvalue weighted by Gasteiger charge is -2.24. The van der Waals surface area contributed by atoms with Gasteiger partial charge in [0.2, 0.25) is 0 Å². The van der Waals surface area contributed by atoms with Gasteiger partial charge in [0, 0.05) is 0 Å². The van der Waals surface area contributed by atoms with Gasteiger partial charge in [-0.15, -0.1) is 0 Å². The average Bonchev–Trinajstić information content (AvgIpc) is 1.96. The molecule has 0 spiro atoms. The number of aliphatic hydroxyl groups excluding tert-OH is 1. The maximum absolute atomic E-state index is 10.7. The van der Waals surface area contributed by atoms with Crippen LogP contribution in [0.3, 0.4) is 0 Å². The van der Waals surface area contributed by atoms with Crippen LogP contribution in [-0.4, -0.2) is 24.3 Å². The van der Waals surface area contributed by atoms with Crippen molar-refractivity contribution in [3.05, 3.63) is 11.6 Å². The van der Waals surface area contributed by atoms with Crippen molar-refractivity contribution in [2.45, 2.75) is 19.4 Å². The number of allylic oxidation sites excluding steroid dienone is 1. The summed E-state index contributed by atoms with van der Waals surface area (Å²) in [5.74, 6) is -0.0764. The Labute approximate surface area is 65.7 Å². The topological polar surface area (TPSA) is 46.5 Å². The van der Waals surface area contributed by atoms with Gasteiger partial charge in [-0.2, -0.15) is 0 Å². The molecule has 2 unspecified atom stereocenters. The number of hydrogen-bond donors (Lipinski definition) is 1. The van der Waals surface area contributed by atoms with E-state index in [-0.39, 0.29) is 0 Å². The molecule has 0 saturated carbocycles. The molecule has 0 radical (unpaired) electrons. The predicted octanol–water partition coefficient (Wildman–Crippen LogP) is 0.486. The highest BCUT2D eigenvalue weighted by Crippen LogP contribution is 2.27. The summed E-state index contributed by atoms with van der Waals surface area (Å²) in [5.41, 5.74) is 0.782. The van der Waals surface area contributed by atoms with Gasteiger partial charge in [0.1, 0.15) is 0 Å². The van der Waals surface area contributed by atoms with Crippen LogP contribution in [0.25, 0.3) is 0 Å². The van der Waals surface area contributed by atoms with Crippen LogP contribution in [0.4, 0.5) is 0 Å². The van der Waals surface area contributed by atoms with E-state index in [1.165, 1.54) is 7.11 Å². The van der Waals surface area contributed by atoms with E-state index >= 15 is 0 Å². The molecule has 3 nitrogen and oxygen atoms in total. The van der Waals surface area contributed by atoms with Crippen LogP contribution in [0.5, 0.6) is 0 Å². The molecule has 1 aliphatic carbocycles. The highest BCUT2D eigenvalue weighted by molar-refractivity contribution is 5.78. The van der Waals surface area contributed by atoms with Gasteiger partial charge in [0.15, 0.2) is 6.10 Å². The van der Waals surface area contributed by atoms with Crippen LogP contribution in [0.2, 0.25) is 0 Å². The molecule has 1 aliphatic rings. The quantitative estimate of drug-likeness (QED) is 0.467. The Morgan fingerprint density at radius 2 is 2.45 bits per heavy atom. The molecule has 3 heteroatoms. The van der Waals surface area contributed by atoms with E-state index in [9.17, 15) is 9.90 Å². The van der Waals surface area contributed by atoms with Gasteiger partial charge >= 0.3 is 5.97 Å². The average molecular weight is 156 g/mol. The third-order valence-corrected chi connectivity index (χ3v) is 1.83. The SMILES string of the molecule is COC(=O)C(O)C1=CC(C)C1. The Morgan fingerprint density at radius 3 is 2.82 bits per heavy atom. The molecule has 0 heterocycles. The summed E-state index contributed by atoms with van der Waals surface area (Å²) in [6.07, 6.45) is 1.66. The molecule has 0 aromatic rings. The van der Waals surface area contributed by atoms with Crippen molar-refractivity contribution in [1.29, 1.82) is 0 Å². The van der Waals surface area contributed by atoms with Crippen LogP contribution in [0, 0.1) is 5.92 Å². The molecule has 0 fully saturated rings. The number of methoxy groups -OCH3 is 1. The van der Waals surface area contributed by atoms with Crippen molar-refractivity contribution in [2.75, 3.05) is 7.11 Å². The van der Waals surface area contributed by atoms with Gasteiger partial charge in [0.05, 0.1) is 7.11 Å². The number of aliphatic hydroxyl groups is 1. The van der Waals surface area contributed by atoms with Crippen LogP contribution in [0.1, 0.15) is 13.3 Å². The van der Waals surface area contributed by atoms with Crippen molar-refractivity contribution in [3.8, 4) is 0 Å². The normalized spacial score (nSPS) is 25.0. The summed E-state index contributed by atoms with van der Waals surface area (Å²) in [6, 6.07) is 0. The second-order valence-electron chi connectivity index (χ2n) is 2.85. The van der Waals surface area contributed by atoms with Gasteiger partial charge in [-0.05, 0) is 17.9 Å². The van der Waals surface area contributed by atoms with Gasteiger partial charge in [-0.3, -0.25) is 0 Å². The first-order valence-electron chi connectivity index (χ1n) is 3.61. The van der Waals surface area contributed by atoms with Gasteiger partial charge in [-0.1, -0.05) is 13.0 Å². The maximum Gasteiger partial charge on any atom is 0.339 e. The van der Waals surface area contributed by atoms with E-state index in [4.69, 9.17) is 0 Å². The molecule has 2 atom stereocenters. The van der Waals surface area contributed by atoms with E-state index in [1.54, 1.807) is 0 Å². The van der Waals surface area contributed by atoms with Gasteiger partial charge < -0.3 is 9.84 Å².